The molecule has 0 aromatic heterocycles. The largest absolute Gasteiger partial charge is 0.497 e. The minimum absolute atomic E-state index is 0.0570. The van der Waals surface area contributed by atoms with Gasteiger partial charge in [-0.05, 0) is 49.2 Å². The summed E-state index contributed by atoms with van der Waals surface area (Å²) in [6.07, 6.45) is 0.126. The first-order chi connectivity index (χ1) is 15.4. The highest BCUT2D eigenvalue weighted by molar-refractivity contribution is 5.94. The number of hydrogen-bond acceptors (Lipinski definition) is 4. The van der Waals surface area contributed by atoms with Crippen molar-refractivity contribution in [2.75, 3.05) is 34.3 Å². The second-order valence-electron chi connectivity index (χ2n) is 8.27. The van der Waals surface area contributed by atoms with Crippen LogP contribution in [0.3, 0.4) is 0 Å². The van der Waals surface area contributed by atoms with Crippen LogP contribution in [0.1, 0.15) is 35.3 Å². The lowest BCUT2D eigenvalue weighted by Crippen LogP contribution is -2.48. The minimum atomic E-state index is 0.0570. The van der Waals surface area contributed by atoms with Gasteiger partial charge in [-0.1, -0.05) is 24.3 Å². The van der Waals surface area contributed by atoms with Crippen LogP contribution >= 0.6 is 0 Å². The van der Waals surface area contributed by atoms with Gasteiger partial charge in [0, 0.05) is 45.8 Å². The van der Waals surface area contributed by atoms with Gasteiger partial charge in [0.05, 0.1) is 19.3 Å². The third-order valence-corrected chi connectivity index (χ3v) is 5.51. The smallest absolute Gasteiger partial charge is 0.254 e. The first-order valence-electron chi connectivity index (χ1n) is 11.0. The van der Waals surface area contributed by atoms with E-state index >= 15 is 0 Å². The molecule has 1 amide bonds. The van der Waals surface area contributed by atoms with Crippen LogP contribution in [-0.4, -0.2) is 68.2 Å². The number of nitrogens with zero attached hydrogens (tertiary/aromatic N) is 3. The highest BCUT2D eigenvalue weighted by atomic mass is 16.5. The average molecular weight is 439 g/mol. The summed E-state index contributed by atoms with van der Waals surface area (Å²) in [4.78, 5) is 21.2. The maximum absolute atomic E-state index is 12.8. The normalized spacial score (nSPS) is 18.9. The molecule has 1 heterocycles. The van der Waals surface area contributed by atoms with Gasteiger partial charge in [-0.2, -0.15) is 0 Å². The van der Waals surface area contributed by atoms with Crippen molar-refractivity contribution in [3.63, 3.8) is 0 Å². The Morgan fingerprint density at radius 2 is 1.69 bits per heavy atom. The molecule has 1 aliphatic heterocycles. The fourth-order valence-electron chi connectivity index (χ4n) is 3.94. The number of amides is 1. The first-order valence-corrected chi connectivity index (χ1v) is 11.0. The SMILES string of the molecule is CN=C(NCc1ccc(C(=O)N2CC(C)OC(C)C2)cc1)N(C)Cc1ccc(OC)cc1. The Kier molecular flexibility index (Phi) is 8.11. The number of benzene rings is 2. The van der Waals surface area contributed by atoms with E-state index in [4.69, 9.17) is 9.47 Å². The molecule has 32 heavy (non-hydrogen) atoms. The molecular formula is C25H34N4O3. The molecule has 7 nitrogen and oxygen atoms in total. The number of guanidine groups is 1. The molecule has 0 aliphatic carbocycles. The van der Waals surface area contributed by atoms with Crippen molar-refractivity contribution in [2.24, 2.45) is 4.99 Å². The lowest BCUT2D eigenvalue weighted by atomic mass is 10.1. The fourth-order valence-corrected chi connectivity index (χ4v) is 3.94. The lowest BCUT2D eigenvalue weighted by molar-refractivity contribution is -0.0586. The summed E-state index contributed by atoms with van der Waals surface area (Å²) in [5.74, 6) is 1.71. The van der Waals surface area contributed by atoms with Crippen molar-refractivity contribution < 1.29 is 14.3 Å². The predicted octanol–water partition coefficient (Wildman–Crippen LogP) is 3.15. The van der Waals surface area contributed by atoms with Crippen molar-refractivity contribution in [2.45, 2.75) is 39.1 Å². The number of methoxy groups -OCH3 is 1. The van der Waals surface area contributed by atoms with Crippen LogP contribution in [0.5, 0.6) is 5.75 Å². The summed E-state index contributed by atoms with van der Waals surface area (Å²) >= 11 is 0. The van der Waals surface area contributed by atoms with E-state index in [0.717, 1.165) is 23.8 Å². The van der Waals surface area contributed by atoms with E-state index in [1.807, 2.05) is 74.3 Å². The summed E-state index contributed by atoms with van der Waals surface area (Å²) in [6, 6.07) is 15.8. The van der Waals surface area contributed by atoms with E-state index < -0.39 is 0 Å². The Bertz CT molecular complexity index is 902. The first kappa shape index (κ1) is 23.6. The number of carbonyl (C=O) groups excluding carboxylic acids is 1. The van der Waals surface area contributed by atoms with E-state index in [9.17, 15) is 4.79 Å². The van der Waals surface area contributed by atoms with Gasteiger partial charge >= 0.3 is 0 Å². The van der Waals surface area contributed by atoms with Gasteiger partial charge in [0.1, 0.15) is 5.75 Å². The molecule has 0 spiro atoms. The topological polar surface area (TPSA) is 66.4 Å². The van der Waals surface area contributed by atoms with Crippen LogP contribution in [0.25, 0.3) is 0 Å². The molecule has 3 rings (SSSR count). The summed E-state index contributed by atoms with van der Waals surface area (Å²) in [5.41, 5.74) is 2.96. The number of aliphatic imine (C=N–C) groups is 1. The summed E-state index contributed by atoms with van der Waals surface area (Å²) in [7, 11) is 5.45. The Labute approximate surface area is 191 Å². The lowest BCUT2D eigenvalue weighted by Gasteiger charge is -2.35. The maximum atomic E-state index is 12.8. The fraction of sp³-hybridized carbons (Fsp3) is 0.440. The molecular weight excluding hydrogens is 404 g/mol. The van der Waals surface area contributed by atoms with Crippen LogP contribution < -0.4 is 10.1 Å². The van der Waals surface area contributed by atoms with Gasteiger partial charge in [0.25, 0.3) is 5.91 Å². The number of hydrogen-bond donors (Lipinski definition) is 1. The van der Waals surface area contributed by atoms with Gasteiger partial charge in [0.15, 0.2) is 5.96 Å². The molecule has 1 fully saturated rings. The second-order valence-corrected chi connectivity index (χ2v) is 8.27. The Balaban J connectivity index is 1.54. The molecule has 2 atom stereocenters. The van der Waals surface area contributed by atoms with Crippen molar-refractivity contribution in [3.05, 3.63) is 65.2 Å². The number of nitrogens with one attached hydrogen (secondary N) is 1. The Morgan fingerprint density at radius 1 is 1.09 bits per heavy atom. The van der Waals surface area contributed by atoms with Crippen LogP contribution in [0.4, 0.5) is 0 Å². The van der Waals surface area contributed by atoms with Gasteiger partial charge in [-0.3, -0.25) is 9.79 Å². The van der Waals surface area contributed by atoms with Crippen molar-refractivity contribution in [1.29, 1.82) is 0 Å². The molecule has 2 aromatic carbocycles. The van der Waals surface area contributed by atoms with Crippen LogP contribution in [0, 0.1) is 0 Å². The van der Waals surface area contributed by atoms with Crippen molar-refractivity contribution >= 4 is 11.9 Å². The van der Waals surface area contributed by atoms with Crippen molar-refractivity contribution in [3.8, 4) is 5.75 Å². The highest BCUT2D eigenvalue weighted by Crippen LogP contribution is 2.15. The van der Waals surface area contributed by atoms with Gasteiger partial charge in [-0.25, -0.2) is 0 Å². The zero-order valence-corrected chi connectivity index (χ0v) is 19.7. The van der Waals surface area contributed by atoms with Crippen LogP contribution in [0.15, 0.2) is 53.5 Å². The number of rotatable bonds is 6. The second kappa shape index (κ2) is 11.0. The summed E-state index contributed by atoms with van der Waals surface area (Å²) < 4.78 is 10.9. The van der Waals surface area contributed by atoms with Crippen LogP contribution in [0.2, 0.25) is 0 Å². The third kappa shape index (κ3) is 6.23. The molecule has 2 unspecified atom stereocenters. The number of carbonyl (C=O) groups is 1. The molecule has 172 valence electrons. The van der Waals surface area contributed by atoms with E-state index in [-0.39, 0.29) is 18.1 Å². The van der Waals surface area contributed by atoms with E-state index in [1.54, 1.807) is 14.2 Å². The van der Waals surface area contributed by atoms with E-state index in [0.29, 0.717) is 25.2 Å². The molecule has 1 N–H and O–H groups in total. The molecule has 0 bridgehead atoms. The predicted molar refractivity (Wildman–Crippen MR) is 127 cm³/mol. The average Bonchev–Trinajstić information content (AvgIpc) is 2.79. The molecule has 0 saturated carbocycles. The Morgan fingerprint density at radius 3 is 2.25 bits per heavy atom. The van der Waals surface area contributed by atoms with E-state index in [2.05, 4.69) is 15.2 Å². The zero-order valence-electron chi connectivity index (χ0n) is 19.7. The van der Waals surface area contributed by atoms with Gasteiger partial charge in [0.2, 0.25) is 0 Å². The van der Waals surface area contributed by atoms with Crippen LogP contribution in [-0.2, 0) is 17.8 Å². The molecule has 7 heteroatoms. The standard InChI is InChI=1S/C25H34N4O3/c1-18-15-29(16-19(2)32-18)24(30)22-10-6-20(7-11-22)14-27-25(26-3)28(4)17-21-8-12-23(31-5)13-9-21/h6-13,18-19H,14-17H2,1-5H3,(H,26,27). The van der Waals surface area contributed by atoms with Crippen molar-refractivity contribution in [1.82, 2.24) is 15.1 Å². The highest BCUT2D eigenvalue weighted by Gasteiger charge is 2.26. The molecule has 0 radical (unpaired) electrons. The summed E-state index contributed by atoms with van der Waals surface area (Å²) in [5, 5.41) is 3.39. The molecule has 2 aromatic rings. The quantitative estimate of drug-likeness (QED) is 0.554. The van der Waals surface area contributed by atoms with E-state index in [1.165, 1.54) is 5.56 Å². The number of ether oxygens (including phenoxy) is 2. The minimum Gasteiger partial charge on any atom is -0.497 e. The van der Waals surface area contributed by atoms with Gasteiger partial charge < -0.3 is 24.6 Å². The number of morpholine rings is 1. The Hall–Kier alpha value is -3.06. The zero-order chi connectivity index (χ0) is 23.1. The third-order valence-electron chi connectivity index (χ3n) is 5.51. The molecule has 1 aliphatic rings. The summed E-state index contributed by atoms with van der Waals surface area (Å²) in [6.45, 7) is 6.62. The monoisotopic (exact) mass is 438 g/mol. The maximum Gasteiger partial charge on any atom is 0.254 e. The molecule has 1 saturated heterocycles. The van der Waals surface area contributed by atoms with Gasteiger partial charge in [-0.15, -0.1) is 0 Å².